The van der Waals surface area contributed by atoms with E-state index in [1.807, 2.05) is 13.8 Å². The minimum Gasteiger partial charge on any atom is -0.352 e. The van der Waals surface area contributed by atoms with Gasteiger partial charge < -0.3 is 16.0 Å². The summed E-state index contributed by atoms with van der Waals surface area (Å²) in [6, 6.07) is 2.99. The van der Waals surface area contributed by atoms with E-state index < -0.39 is 16.9 Å². The van der Waals surface area contributed by atoms with Gasteiger partial charge in [-0.1, -0.05) is 0 Å². The fourth-order valence-corrected chi connectivity index (χ4v) is 2.24. The van der Waals surface area contributed by atoms with Gasteiger partial charge in [-0.3, -0.25) is 19.7 Å². The molecular weight excluding hydrogens is 276 g/mol. The first-order valence-electron chi connectivity index (χ1n) is 6.46. The molecule has 1 aliphatic heterocycles. The number of nitro groups is 1. The van der Waals surface area contributed by atoms with Gasteiger partial charge in [0.15, 0.2) is 0 Å². The Bertz CT molecular complexity index is 614. The van der Waals surface area contributed by atoms with Gasteiger partial charge in [0.05, 0.1) is 10.6 Å². The maximum Gasteiger partial charge on any atom is 0.269 e. The highest BCUT2D eigenvalue weighted by Crippen LogP contribution is 2.36. The average molecular weight is 292 g/mol. The molecule has 3 N–H and O–H groups in total. The molecule has 2 rings (SSSR count). The van der Waals surface area contributed by atoms with Crippen molar-refractivity contribution in [2.24, 2.45) is 5.73 Å². The Hall–Kier alpha value is -2.48. The Labute approximate surface area is 121 Å². The predicted octanol–water partition coefficient (Wildman–Crippen LogP) is 0.466. The summed E-state index contributed by atoms with van der Waals surface area (Å²) in [5.41, 5.74) is 6.46. The van der Waals surface area contributed by atoms with Gasteiger partial charge in [-0.15, -0.1) is 0 Å². The van der Waals surface area contributed by atoms with Gasteiger partial charge in [0.25, 0.3) is 5.69 Å². The number of nitro benzene ring substituents is 1. The monoisotopic (exact) mass is 292 g/mol. The van der Waals surface area contributed by atoms with Crippen LogP contribution >= 0.6 is 0 Å². The predicted molar refractivity (Wildman–Crippen MR) is 75.7 cm³/mol. The number of carbonyl (C=O) groups excluding carboxylic acids is 2. The summed E-state index contributed by atoms with van der Waals surface area (Å²) in [6.45, 7) is 3.47. The van der Waals surface area contributed by atoms with Crippen LogP contribution in [0.3, 0.4) is 0 Å². The van der Waals surface area contributed by atoms with Crippen LogP contribution in [0.15, 0.2) is 18.2 Å². The second-order valence-electron chi connectivity index (χ2n) is 5.12. The number of hydrogen-bond donors (Lipinski definition) is 2. The number of nitrogens with one attached hydrogen (secondary N) is 1. The zero-order valence-electron chi connectivity index (χ0n) is 11.7. The van der Waals surface area contributed by atoms with Crippen LogP contribution in [0.4, 0.5) is 11.4 Å². The number of nitrogens with two attached hydrogens (primary N) is 1. The van der Waals surface area contributed by atoms with Gasteiger partial charge in [-0.2, -0.15) is 0 Å². The Morgan fingerprint density at radius 2 is 2.19 bits per heavy atom. The molecule has 0 aromatic heterocycles. The molecular formula is C13H16N4O4. The van der Waals surface area contributed by atoms with Crippen molar-refractivity contribution in [3.8, 4) is 0 Å². The van der Waals surface area contributed by atoms with E-state index in [-0.39, 0.29) is 24.2 Å². The molecule has 0 spiro atoms. The highest BCUT2D eigenvalue weighted by Gasteiger charge is 2.36. The maximum absolute atomic E-state index is 12.1. The molecule has 0 fully saturated rings. The Kier molecular flexibility index (Phi) is 3.90. The average Bonchev–Trinajstić information content (AvgIpc) is 2.62. The Morgan fingerprint density at radius 3 is 2.76 bits per heavy atom. The highest BCUT2D eigenvalue weighted by atomic mass is 16.6. The summed E-state index contributed by atoms with van der Waals surface area (Å²) in [5, 5.41) is 13.5. The fraction of sp³-hybridized carbons (Fsp3) is 0.385. The molecule has 1 aromatic carbocycles. The molecule has 2 amide bonds. The normalized spacial score (nSPS) is 17.0. The standard InChI is InChI=1S/C13H16N4O4/c1-7(2)15-11(18)6-16-10-4-3-8(17(20)21)5-9(10)12(14)13(16)19/h3-5,7,12H,6,14H2,1-2H3,(H,15,18). The zero-order valence-corrected chi connectivity index (χ0v) is 11.7. The first-order valence-corrected chi connectivity index (χ1v) is 6.46. The first kappa shape index (κ1) is 14.9. The lowest BCUT2D eigenvalue weighted by molar-refractivity contribution is -0.384. The third kappa shape index (κ3) is 2.84. The van der Waals surface area contributed by atoms with Crippen LogP contribution in [0.25, 0.3) is 0 Å². The topological polar surface area (TPSA) is 119 Å². The molecule has 1 unspecified atom stereocenters. The SMILES string of the molecule is CC(C)NC(=O)CN1C(=O)C(N)c2cc([N+](=O)[O-])ccc21. The van der Waals surface area contributed by atoms with Gasteiger partial charge in [-0.25, -0.2) is 0 Å². The molecule has 8 nitrogen and oxygen atoms in total. The van der Waals surface area contributed by atoms with Crippen LogP contribution in [0.1, 0.15) is 25.5 Å². The molecule has 112 valence electrons. The summed E-state index contributed by atoms with van der Waals surface area (Å²) in [4.78, 5) is 35.4. The van der Waals surface area contributed by atoms with E-state index in [9.17, 15) is 19.7 Å². The first-order chi connectivity index (χ1) is 9.81. The van der Waals surface area contributed by atoms with Crippen molar-refractivity contribution >= 4 is 23.2 Å². The highest BCUT2D eigenvalue weighted by molar-refractivity contribution is 6.07. The molecule has 21 heavy (non-hydrogen) atoms. The van der Waals surface area contributed by atoms with Crippen molar-refractivity contribution < 1.29 is 14.5 Å². The van der Waals surface area contributed by atoms with E-state index in [0.29, 0.717) is 11.3 Å². The van der Waals surface area contributed by atoms with Gasteiger partial charge in [-0.05, 0) is 19.9 Å². The molecule has 1 heterocycles. The Balaban J connectivity index is 2.29. The van der Waals surface area contributed by atoms with E-state index in [0.717, 1.165) is 0 Å². The minimum atomic E-state index is -0.980. The Morgan fingerprint density at radius 1 is 1.52 bits per heavy atom. The van der Waals surface area contributed by atoms with E-state index in [2.05, 4.69) is 5.32 Å². The van der Waals surface area contributed by atoms with Gasteiger partial charge in [0.2, 0.25) is 11.8 Å². The number of fused-ring (bicyclic) bond motifs is 1. The number of hydrogen-bond acceptors (Lipinski definition) is 5. The molecule has 0 saturated heterocycles. The number of benzene rings is 1. The molecule has 0 radical (unpaired) electrons. The number of anilines is 1. The quantitative estimate of drug-likeness (QED) is 0.617. The number of nitrogens with zero attached hydrogens (tertiary/aromatic N) is 2. The van der Waals surface area contributed by atoms with Crippen LogP contribution < -0.4 is 16.0 Å². The minimum absolute atomic E-state index is 0.0415. The van der Waals surface area contributed by atoms with E-state index in [1.54, 1.807) is 0 Å². The molecule has 0 aliphatic carbocycles. The summed E-state index contributed by atoms with van der Waals surface area (Å²) < 4.78 is 0. The second kappa shape index (κ2) is 5.49. The summed E-state index contributed by atoms with van der Waals surface area (Å²) in [5.74, 6) is -0.749. The summed E-state index contributed by atoms with van der Waals surface area (Å²) in [7, 11) is 0. The third-order valence-electron chi connectivity index (χ3n) is 3.13. The van der Waals surface area contributed by atoms with Crippen molar-refractivity contribution in [2.45, 2.75) is 25.9 Å². The molecule has 1 atom stereocenters. The lowest BCUT2D eigenvalue weighted by atomic mass is 10.1. The maximum atomic E-state index is 12.1. The van der Waals surface area contributed by atoms with E-state index in [1.165, 1.54) is 23.1 Å². The molecule has 0 bridgehead atoms. The van der Waals surface area contributed by atoms with Crippen LogP contribution in [0.2, 0.25) is 0 Å². The second-order valence-corrected chi connectivity index (χ2v) is 5.12. The van der Waals surface area contributed by atoms with Crippen molar-refractivity contribution in [3.63, 3.8) is 0 Å². The van der Waals surface area contributed by atoms with Gasteiger partial charge in [0, 0.05) is 23.7 Å². The van der Waals surface area contributed by atoms with Crippen LogP contribution in [0.5, 0.6) is 0 Å². The molecule has 0 saturated carbocycles. The fourth-order valence-electron chi connectivity index (χ4n) is 2.24. The third-order valence-corrected chi connectivity index (χ3v) is 3.13. The van der Waals surface area contributed by atoms with Crippen molar-refractivity contribution in [2.75, 3.05) is 11.4 Å². The molecule has 1 aliphatic rings. The van der Waals surface area contributed by atoms with Crippen molar-refractivity contribution in [1.29, 1.82) is 0 Å². The van der Waals surface area contributed by atoms with Gasteiger partial charge >= 0.3 is 0 Å². The molecule has 8 heteroatoms. The number of carbonyl (C=O) groups is 2. The van der Waals surface area contributed by atoms with Crippen molar-refractivity contribution in [1.82, 2.24) is 5.32 Å². The summed E-state index contributed by atoms with van der Waals surface area (Å²) in [6.07, 6.45) is 0. The molecule has 1 aromatic rings. The largest absolute Gasteiger partial charge is 0.352 e. The smallest absolute Gasteiger partial charge is 0.269 e. The zero-order chi connectivity index (χ0) is 15.7. The van der Waals surface area contributed by atoms with E-state index in [4.69, 9.17) is 5.73 Å². The number of rotatable bonds is 4. The lowest BCUT2D eigenvalue weighted by Crippen LogP contribution is -2.42. The van der Waals surface area contributed by atoms with Crippen molar-refractivity contribution in [3.05, 3.63) is 33.9 Å². The number of non-ortho nitro benzene ring substituents is 1. The van der Waals surface area contributed by atoms with Gasteiger partial charge in [0.1, 0.15) is 12.6 Å². The number of amides is 2. The van der Waals surface area contributed by atoms with Crippen LogP contribution in [-0.2, 0) is 9.59 Å². The van der Waals surface area contributed by atoms with Crippen LogP contribution in [0, 0.1) is 10.1 Å². The lowest BCUT2D eigenvalue weighted by Gasteiger charge is -2.18. The van der Waals surface area contributed by atoms with Crippen LogP contribution in [-0.4, -0.2) is 29.3 Å². The summed E-state index contributed by atoms with van der Waals surface area (Å²) >= 11 is 0. The van der Waals surface area contributed by atoms with E-state index >= 15 is 0 Å².